The van der Waals surface area contributed by atoms with Crippen molar-refractivity contribution < 1.29 is 0 Å². The summed E-state index contributed by atoms with van der Waals surface area (Å²) in [5.41, 5.74) is 4.31. The van der Waals surface area contributed by atoms with Crippen molar-refractivity contribution >= 4 is 34.3 Å². The van der Waals surface area contributed by atoms with E-state index in [1.54, 1.807) is 15.9 Å². The molecule has 1 aromatic carbocycles. The van der Waals surface area contributed by atoms with Gasteiger partial charge in [0.1, 0.15) is 5.01 Å². The highest BCUT2D eigenvalue weighted by Gasteiger charge is 2.07. The summed E-state index contributed by atoms with van der Waals surface area (Å²) in [4.78, 5) is 16.2. The molecule has 0 aliphatic heterocycles. The molecule has 3 rings (SSSR count). The monoisotopic (exact) mass is 336 g/mol. The van der Waals surface area contributed by atoms with Crippen LogP contribution < -0.4 is 4.87 Å². The number of nitrogens with zero attached hydrogens (tertiary/aromatic N) is 2. The predicted molar refractivity (Wildman–Crippen MR) is 89.5 cm³/mol. The van der Waals surface area contributed by atoms with Crippen LogP contribution >= 0.6 is 34.3 Å². The Bertz CT molecular complexity index is 819. The third kappa shape index (κ3) is 3.10. The van der Waals surface area contributed by atoms with Gasteiger partial charge in [-0.25, -0.2) is 4.98 Å². The van der Waals surface area contributed by atoms with Gasteiger partial charge in [0, 0.05) is 22.5 Å². The van der Waals surface area contributed by atoms with Gasteiger partial charge in [-0.05, 0) is 24.1 Å². The zero-order valence-electron chi connectivity index (χ0n) is 11.4. The fraction of sp³-hybridized carbons (Fsp3) is 0.200. The fourth-order valence-corrected chi connectivity index (χ4v) is 3.73. The maximum Gasteiger partial charge on any atom is 0.307 e. The molecular formula is C15H13ClN2OS2. The molecule has 0 unspecified atom stereocenters. The molecule has 108 valence electrons. The largest absolute Gasteiger partial charge is 0.307 e. The molecule has 21 heavy (non-hydrogen) atoms. The van der Waals surface area contributed by atoms with Crippen LogP contribution in [0.15, 0.2) is 40.0 Å². The average molecular weight is 337 g/mol. The Kier molecular flexibility index (Phi) is 4.24. The topological polar surface area (TPSA) is 34.9 Å². The van der Waals surface area contributed by atoms with Crippen LogP contribution in [0.3, 0.4) is 0 Å². The molecule has 2 heterocycles. The highest BCUT2D eigenvalue weighted by atomic mass is 35.5. The minimum Gasteiger partial charge on any atom is -0.302 e. The summed E-state index contributed by atoms with van der Waals surface area (Å²) in [5.74, 6) is 0.439. The lowest BCUT2D eigenvalue weighted by molar-refractivity contribution is 0.779. The molecule has 0 bridgehead atoms. The first kappa shape index (κ1) is 14.5. The zero-order valence-corrected chi connectivity index (χ0v) is 13.8. The Morgan fingerprint density at radius 1 is 1.33 bits per heavy atom. The Balaban J connectivity index is 1.89. The normalized spacial score (nSPS) is 11.0. The van der Waals surface area contributed by atoms with E-state index >= 15 is 0 Å². The van der Waals surface area contributed by atoms with E-state index in [9.17, 15) is 4.79 Å². The van der Waals surface area contributed by atoms with Crippen molar-refractivity contribution in [1.82, 2.24) is 9.55 Å². The third-order valence-corrected chi connectivity index (χ3v) is 5.17. The second-order valence-electron chi connectivity index (χ2n) is 4.72. The van der Waals surface area contributed by atoms with Crippen LogP contribution in [0.25, 0.3) is 10.6 Å². The summed E-state index contributed by atoms with van der Waals surface area (Å²) in [6.07, 6.45) is 1.83. The van der Waals surface area contributed by atoms with Crippen molar-refractivity contribution in [2.45, 2.75) is 19.3 Å². The van der Waals surface area contributed by atoms with Gasteiger partial charge in [0.2, 0.25) is 0 Å². The van der Waals surface area contributed by atoms with Crippen LogP contribution in [0.5, 0.6) is 0 Å². The van der Waals surface area contributed by atoms with Crippen molar-refractivity contribution in [2.75, 3.05) is 0 Å². The van der Waals surface area contributed by atoms with Gasteiger partial charge in [0.05, 0.1) is 18.1 Å². The number of benzene rings is 1. The summed E-state index contributed by atoms with van der Waals surface area (Å²) < 4.78 is 1.72. The van der Waals surface area contributed by atoms with Crippen LogP contribution in [0.1, 0.15) is 16.8 Å². The first-order valence-electron chi connectivity index (χ1n) is 6.41. The van der Waals surface area contributed by atoms with E-state index in [0.717, 1.165) is 27.4 Å². The van der Waals surface area contributed by atoms with Crippen molar-refractivity contribution in [1.29, 1.82) is 0 Å². The van der Waals surface area contributed by atoms with Crippen LogP contribution in [0.2, 0.25) is 0 Å². The highest BCUT2D eigenvalue weighted by Crippen LogP contribution is 2.26. The third-order valence-electron chi connectivity index (χ3n) is 3.26. The second-order valence-corrected chi connectivity index (χ2v) is 6.70. The molecule has 3 nitrogen and oxygen atoms in total. The van der Waals surface area contributed by atoms with Gasteiger partial charge < -0.3 is 4.57 Å². The molecule has 0 amide bonds. The quantitative estimate of drug-likeness (QED) is 0.671. The number of thiazole rings is 2. The van der Waals surface area contributed by atoms with Crippen LogP contribution in [0.4, 0.5) is 0 Å². The first-order chi connectivity index (χ1) is 10.2. The molecule has 0 atom stereocenters. The number of alkyl halides is 1. The summed E-state index contributed by atoms with van der Waals surface area (Å²) in [5, 5.41) is 4.78. The Labute approximate surface area is 135 Å². The van der Waals surface area contributed by atoms with Crippen LogP contribution in [-0.2, 0) is 12.4 Å². The van der Waals surface area contributed by atoms with E-state index in [0.29, 0.717) is 12.4 Å². The van der Waals surface area contributed by atoms with Gasteiger partial charge in [-0.1, -0.05) is 23.5 Å². The lowest BCUT2D eigenvalue weighted by atomic mass is 10.1. The van der Waals surface area contributed by atoms with Crippen molar-refractivity contribution in [3.63, 3.8) is 0 Å². The van der Waals surface area contributed by atoms with Crippen LogP contribution in [0, 0.1) is 6.92 Å². The summed E-state index contributed by atoms with van der Waals surface area (Å²) in [6.45, 7) is 2.67. The summed E-state index contributed by atoms with van der Waals surface area (Å²) in [6, 6.07) is 6.23. The van der Waals surface area contributed by atoms with Crippen molar-refractivity contribution in [3.05, 3.63) is 61.6 Å². The van der Waals surface area contributed by atoms with E-state index in [1.807, 2.05) is 17.0 Å². The lowest BCUT2D eigenvalue weighted by Gasteiger charge is -2.08. The predicted octanol–water partition coefficient (Wildman–Crippen LogP) is 4.13. The molecule has 0 N–H and O–H groups in total. The molecule has 0 saturated heterocycles. The molecule has 2 aromatic heterocycles. The highest BCUT2D eigenvalue weighted by molar-refractivity contribution is 7.13. The van der Waals surface area contributed by atoms with Gasteiger partial charge in [-0.3, -0.25) is 4.79 Å². The second kappa shape index (κ2) is 6.13. The number of aryl methyl sites for hydroxylation is 1. The Hall–Kier alpha value is -1.43. The number of hydrogen-bond donors (Lipinski definition) is 0. The fourth-order valence-electron chi connectivity index (χ4n) is 2.10. The van der Waals surface area contributed by atoms with E-state index in [4.69, 9.17) is 11.6 Å². The molecule has 0 fully saturated rings. The molecule has 0 aliphatic rings. The van der Waals surface area contributed by atoms with Gasteiger partial charge in [0.15, 0.2) is 0 Å². The molecule has 0 aliphatic carbocycles. The minimum atomic E-state index is 0.0742. The van der Waals surface area contributed by atoms with E-state index in [-0.39, 0.29) is 4.87 Å². The van der Waals surface area contributed by atoms with Crippen molar-refractivity contribution in [2.24, 2.45) is 0 Å². The first-order valence-corrected chi connectivity index (χ1v) is 8.71. The van der Waals surface area contributed by atoms with Crippen LogP contribution in [-0.4, -0.2) is 9.55 Å². The summed E-state index contributed by atoms with van der Waals surface area (Å²) >= 11 is 8.61. The van der Waals surface area contributed by atoms with E-state index in [2.05, 4.69) is 30.1 Å². The Morgan fingerprint density at radius 2 is 2.19 bits per heavy atom. The zero-order chi connectivity index (χ0) is 14.8. The molecular weight excluding hydrogens is 324 g/mol. The minimum absolute atomic E-state index is 0.0742. The van der Waals surface area contributed by atoms with Gasteiger partial charge in [-0.2, -0.15) is 0 Å². The molecule has 0 radical (unpaired) electrons. The standard InChI is InChI=1S/C15H13ClN2OS2/c1-10-6-11(14-17-13(7-16)9-21-14)2-3-12(10)8-18-4-5-20-15(18)19/h2-6,9H,7-8H2,1H3. The van der Waals surface area contributed by atoms with E-state index in [1.165, 1.54) is 11.3 Å². The van der Waals surface area contributed by atoms with E-state index < -0.39 is 0 Å². The maximum absolute atomic E-state index is 11.6. The summed E-state index contributed by atoms with van der Waals surface area (Å²) in [7, 11) is 0. The lowest BCUT2D eigenvalue weighted by Crippen LogP contribution is -2.13. The molecule has 3 aromatic rings. The molecule has 0 spiro atoms. The number of rotatable bonds is 4. The number of aromatic nitrogens is 2. The average Bonchev–Trinajstić information content (AvgIpc) is 3.10. The maximum atomic E-state index is 11.6. The number of hydrogen-bond acceptors (Lipinski definition) is 4. The smallest absolute Gasteiger partial charge is 0.302 e. The van der Waals surface area contributed by atoms with Gasteiger partial charge in [0.25, 0.3) is 0 Å². The molecule has 0 saturated carbocycles. The van der Waals surface area contributed by atoms with Gasteiger partial charge in [-0.15, -0.1) is 22.9 Å². The van der Waals surface area contributed by atoms with Gasteiger partial charge >= 0.3 is 4.87 Å². The SMILES string of the molecule is Cc1cc(-c2nc(CCl)cs2)ccc1Cn1ccsc1=O. The molecule has 6 heteroatoms. The van der Waals surface area contributed by atoms with Crippen molar-refractivity contribution in [3.8, 4) is 10.6 Å². The number of halogens is 1. The Morgan fingerprint density at radius 3 is 2.81 bits per heavy atom.